The molecule has 204 valence electrons. The summed E-state index contributed by atoms with van der Waals surface area (Å²) in [5, 5.41) is 3.33. The second-order valence-corrected chi connectivity index (χ2v) is 11.7. The fraction of sp³-hybridized carbons (Fsp3) is 0.276. The Morgan fingerprint density at radius 1 is 1.13 bits per heavy atom. The van der Waals surface area contributed by atoms with Gasteiger partial charge in [0.25, 0.3) is 5.91 Å². The third kappa shape index (κ3) is 5.35. The number of halogens is 1. The van der Waals surface area contributed by atoms with Gasteiger partial charge in [-0.2, -0.15) is 0 Å². The van der Waals surface area contributed by atoms with Gasteiger partial charge >= 0.3 is 0 Å². The van der Waals surface area contributed by atoms with Crippen LogP contribution in [0.2, 0.25) is 0 Å². The lowest BCUT2D eigenvalue weighted by atomic mass is 10.00. The number of ether oxygens (including phenoxy) is 1. The molecular weight excluding hydrogens is 521 g/mol. The highest BCUT2D eigenvalue weighted by Gasteiger charge is 2.35. The first-order valence-electron chi connectivity index (χ1n) is 12.8. The molecule has 1 amide bonds. The standard InChI is InChI=1S/C29H30FN3O5S/c1-17(16-31)33(39(3,35)36)25-15-26-24(14-23(25)18-4-5-18)27(29(34)32-2)28(38-26)19-6-10-21(11-7-19)37-22-12-8-20(30)9-13-22/h6-15,17-18H,4-5,16,31H2,1-3H3,(H,32,34)/p+1. The molecule has 39 heavy (non-hydrogen) atoms. The van der Waals surface area contributed by atoms with E-state index in [1.807, 2.05) is 13.0 Å². The molecule has 5 rings (SSSR count). The van der Waals surface area contributed by atoms with Gasteiger partial charge in [-0.25, -0.2) is 12.8 Å². The Balaban J connectivity index is 1.62. The number of sulfonamides is 1. The molecule has 1 atom stereocenters. The molecular formula is C29H31FN3O5S+. The van der Waals surface area contributed by atoms with Gasteiger partial charge in [0.1, 0.15) is 28.7 Å². The van der Waals surface area contributed by atoms with E-state index in [2.05, 4.69) is 11.1 Å². The van der Waals surface area contributed by atoms with E-state index in [9.17, 15) is 17.6 Å². The van der Waals surface area contributed by atoms with Crippen LogP contribution in [0.5, 0.6) is 11.5 Å². The van der Waals surface area contributed by atoms with E-state index < -0.39 is 10.0 Å². The molecule has 0 aliphatic heterocycles. The van der Waals surface area contributed by atoms with Crippen LogP contribution >= 0.6 is 0 Å². The molecule has 1 saturated carbocycles. The number of hydrogen-bond donors (Lipinski definition) is 2. The fourth-order valence-electron chi connectivity index (χ4n) is 4.79. The molecule has 1 heterocycles. The van der Waals surface area contributed by atoms with Crippen molar-refractivity contribution in [2.24, 2.45) is 0 Å². The Labute approximate surface area is 226 Å². The molecule has 0 saturated heterocycles. The van der Waals surface area contributed by atoms with E-state index >= 15 is 0 Å². The van der Waals surface area contributed by atoms with E-state index in [0.29, 0.717) is 51.6 Å². The van der Waals surface area contributed by atoms with Crippen molar-refractivity contribution in [2.45, 2.75) is 31.7 Å². The van der Waals surface area contributed by atoms with Gasteiger partial charge in [0, 0.05) is 24.1 Å². The van der Waals surface area contributed by atoms with Crippen molar-refractivity contribution in [1.29, 1.82) is 0 Å². The number of furan rings is 1. The Bertz CT molecular complexity index is 1630. The molecule has 4 aromatic rings. The van der Waals surface area contributed by atoms with Gasteiger partial charge in [-0.15, -0.1) is 0 Å². The van der Waals surface area contributed by atoms with Gasteiger partial charge in [-0.1, -0.05) is 0 Å². The maximum atomic E-state index is 13.2. The quantitative estimate of drug-likeness (QED) is 0.313. The molecule has 1 aromatic heterocycles. The lowest BCUT2D eigenvalue weighted by Gasteiger charge is -2.29. The first kappa shape index (κ1) is 26.7. The second kappa shape index (κ2) is 10.3. The third-order valence-corrected chi connectivity index (χ3v) is 8.16. The van der Waals surface area contributed by atoms with Crippen LogP contribution < -0.4 is 20.1 Å². The van der Waals surface area contributed by atoms with Gasteiger partial charge in [0.05, 0.1) is 30.1 Å². The van der Waals surface area contributed by atoms with Gasteiger partial charge in [-0.3, -0.25) is 9.10 Å². The number of carbonyl (C=O) groups excluding carboxylic acids is 1. The fourth-order valence-corrected chi connectivity index (χ4v) is 6.06. The van der Waals surface area contributed by atoms with Crippen molar-refractivity contribution in [3.8, 4) is 22.8 Å². The minimum Gasteiger partial charge on any atom is -0.457 e. The lowest BCUT2D eigenvalue weighted by molar-refractivity contribution is -0.370. The first-order valence-corrected chi connectivity index (χ1v) is 14.6. The number of nitrogens with zero attached hydrogens (tertiary/aromatic N) is 1. The summed E-state index contributed by atoms with van der Waals surface area (Å²) in [6, 6.07) is 16.0. The summed E-state index contributed by atoms with van der Waals surface area (Å²) in [6.45, 7) is 2.22. The summed E-state index contributed by atoms with van der Waals surface area (Å²) < 4.78 is 52.4. The van der Waals surface area contributed by atoms with Gasteiger partial charge in [0.15, 0.2) is 0 Å². The maximum absolute atomic E-state index is 13.2. The zero-order valence-electron chi connectivity index (χ0n) is 22.0. The van der Waals surface area contributed by atoms with E-state index in [1.165, 1.54) is 34.8 Å². The number of carbonyl (C=O) groups is 1. The minimum atomic E-state index is -3.60. The van der Waals surface area contributed by atoms with Crippen LogP contribution in [0.4, 0.5) is 10.1 Å². The monoisotopic (exact) mass is 552 g/mol. The molecule has 0 bridgehead atoms. The lowest BCUT2D eigenvalue weighted by Crippen LogP contribution is -2.60. The highest BCUT2D eigenvalue weighted by Crippen LogP contribution is 2.48. The van der Waals surface area contributed by atoms with Crippen LogP contribution in [0.15, 0.2) is 65.1 Å². The summed E-state index contributed by atoms with van der Waals surface area (Å²) in [7, 11) is -2.04. The van der Waals surface area contributed by atoms with Gasteiger partial charge in [-0.05, 0) is 85.8 Å². The number of amides is 1. The number of benzene rings is 3. The zero-order valence-corrected chi connectivity index (χ0v) is 22.8. The Morgan fingerprint density at radius 3 is 2.28 bits per heavy atom. The van der Waals surface area contributed by atoms with Crippen LogP contribution in [0.25, 0.3) is 22.3 Å². The molecule has 4 N–H and O–H groups in total. The topological polar surface area (TPSA) is 116 Å². The van der Waals surface area contributed by atoms with Crippen LogP contribution in [-0.2, 0) is 10.0 Å². The van der Waals surface area contributed by atoms with E-state index in [0.717, 1.165) is 18.4 Å². The number of fused-ring (bicyclic) bond motifs is 1. The molecule has 3 aromatic carbocycles. The third-order valence-electron chi connectivity index (χ3n) is 6.89. The molecule has 10 heteroatoms. The highest BCUT2D eigenvalue weighted by atomic mass is 32.2. The molecule has 1 fully saturated rings. The summed E-state index contributed by atoms with van der Waals surface area (Å²) in [4.78, 5) is 13.1. The molecule has 0 radical (unpaired) electrons. The van der Waals surface area contributed by atoms with Crippen LogP contribution in [0, 0.1) is 5.82 Å². The first-order chi connectivity index (χ1) is 18.6. The zero-order chi connectivity index (χ0) is 27.9. The predicted octanol–water partition coefficient (Wildman–Crippen LogP) is 4.66. The SMILES string of the molecule is CNC(=O)c1c(-c2ccc(Oc3ccc(F)cc3)cc2)oc2cc(N(C(C)C[NH3+])S(C)(=O)=O)c(C3CC3)cc12. The van der Waals surface area contributed by atoms with Crippen molar-refractivity contribution >= 4 is 32.6 Å². The Morgan fingerprint density at radius 2 is 1.74 bits per heavy atom. The van der Waals surface area contributed by atoms with Crippen LogP contribution in [-0.4, -0.2) is 40.2 Å². The Kier molecular flexibility index (Phi) is 7.09. The molecule has 0 spiro atoms. The van der Waals surface area contributed by atoms with Gasteiger partial charge in [0.2, 0.25) is 10.0 Å². The highest BCUT2D eigenvalue weighted by molar-refractivity contribution is 7.92. The number of nitrogens with one attached hydrogen (secondary N) is 1. The smallest absolute Gasteiger partial charge is 0.255 e. The molecule has 1 unspecified atom stereocenters. The summed E-state index contributed by atoms with van der Waals surface area (Å²) in [5.41, 5.74) is 6.81. The molecule has 1 aliphatic rings. The summed E-state index contributed by atoms with van der Waals surface area (Å²) in [5.74, 6) is 0.948. The number of anilines is 1. The van der Waals surface area contributed by atoms with Crippen molar-refractivity contribution in [3.05, 3.63) is 77.6 Å². The maximum Gasteiger partial charge on any atom is 0.255 e. The molecule has 8 nitrogen and oxygen atoms in total. The van der Waals surface area contributed by atoms with Gasteiger partial charge < -0.3 is 20.2 Å². The van der Waals surface area contributed by atoms with E-state index in [-0.39, 0.29) is 23.7 Å². The largest absolute Gasteiger partial charge is 0.457 e. The number of quaternary nitrogens is 1. The van der Waals surface area contributed by atoms with Crippen molar-refractivity contribution in [1.82, 2.24) is 5.32 Å². The van der Waals surface area contributed by atoms with Crippen molar-refractivity contribution in [2.75, 3.05) is 24.2 Å². The normalized spacial score (nSPS) is 14.3. The number of rotatable bonds is 9. The number of hydrogen-bond acceptors (Lipinski definition) is 5. The average molecular weight is 553 g/mol. The Hall–Kier alpha value is -3.89. The summed E-state index contributed by atoms with van der Waals surface area (Å²) >= 11 is 0. The second-order valence-electron chi connectivity index (χ2n) is 9.84. The average Bonchev–Trinajstić information content (AvgIpc) is 3.69. The predicted molar refractivity (Wildman–Crippen MR) is 148 cm³/mol. The molecule has 1 aliphatic carbocycles. The minimum absolute atomic E-state index is 0.212. The van der Waals surface area contributed by atoms with Crippen LogP contribution in [0.3, 0.4) is 0 Å². The van der Waals surface area contributed by atoms with Crippen molar-refractivity contribution in [3.63, 3.8) is 0 Å². The van der Waals surface area contributed by atoms with Crippen molar-refractivity contribution < 1.29 is 32.5 Å². The van der Waals surface area contributed by atoms with E-state index in [1.54, 1.807) is 37.4 Å². The van der Waals surface area contributed by atoms with E-state index in [4.69, 9.17) is 9.15 Å². The summed E-state index contributed by atoms with van der Waals surface area (Å²) in [6.07, 6.45) is 3.09. The van der Waals surface area contributed by atoms with Crippen LogP contribution in [0.1, 0.15) is 41.6 Å².